The lowest BCUT2D eigenvalue weighted by Crippen LogP contribution is -2.45. The van der Waals surface area contributed by atoms with Crippen molar-refractivity contribution >= 4 is 5.91 Å². The van der Waals surface area contributed by atoms with Gasteiger partial charge in [0.1, 0.15) is 5.60 Å². The molecule has 0 unspecified atom stereocenters. The van der Waals surface area contributed by atoms with Gasteiger partial charge in [-0.25, -0.2) is 0 Å². The maximum atomic E-state index is 12.0. The monoisotopic (exact) mass is 241 g/mol. The summed E-state index contributed by atoms with van der Waals surface area (Å²) >= 11 is 0. The van der Waals surface area contributed by atoms with Crippen molar-refractivity contribution in [3.63, 3.8) is 0 Å². The molecule has 1 amide bonds. The number of hydrogen-bond donors (Lipinski definition) is 2. The summed E-state index contributed by atoms with van der Waals surface area (Å²) in [6, 6.07) is 0. The van der Waals surface area contributed by atoms with Gasteiger partial charge in [-0.1, -0.05) is 19.8 Å². The van der Waals surface area contributed by atoms with Gasteiger partial charge in [-0.15, -0.1) is 0 Å². The summed E-state index contributed by atoms with van der Waals surface area (Å²) in [4.78, 5) is 12.0. The second-order valence-electron chi connectivity index (χ2n) is 5.71. The summed E-state index contributed by atoms with van der Waals surface area (Å²) in [6.45, 7) is 3.47. The number of aliphatic hydroxyl groups is 1. The first-order valence-electron chi connectivity index (χ1n) is 6.67. The van der Waals surface area contributed by atoms with Gasteiger partial charge in [0.15, 0.2) is 0 Å². The summed E-state index contributed by atoms with van der Waals surface area (Å²) in [5.41, 5.74) is -0.837. The minimum atomic E-state index is -0.837. The van der Waals surface area contributed by atoms with Crippen LogP contribution in [-0.2, 0) is 9.53 Å². The molecule has 2 fully saturated rings. The Bertz CT molecular complexity index is 274. The molecule has 3 atom stereocenters. The quantitative estimate of drug-likeness (QED) is 0.777. The van der Waals surface area contributed by atoms with Crippen molar-refractivity contribution in [2.24, 2.45) is 11.8 Å². The Balaban J connectivity index is 1.76. The summed E-state index contributed by atoms with van der Waals surface area (Å²) in [7, 11) is 0. The summed E-state index contributed by atoms with van der Waals surface area (Å²) in [5, 5.41) is 12.9. The molecule has 0 spiro atoms. The van der Waals surface area contributed by atoms with Crippen molar-refractivity contribution in [1.82, 2.24) is 5.32 Å². The van der Waals surface area contributed by atoms with Crippen LogP contribution >= 0.6 is 0 Å². The lowest BCUT2D eigenvalue weighted by molar-refractivity contribution is -0.127. The Morgan fingerprint density at radius 1 is 1.53 bits per heavy atom. The van der Waals surface area contributed by atoms with E-state index in [9.17, 15) is 9.90 Å². The van der Waals surface area contributed by atoms with Crippen LogP contribution in [0.5, 0.6) is 0 Å². The van der Waals surface area contributed by atoms with Crippen molar-refractivity contribution in [2.45, 2.75) is 44.6 Å². The zero-order valence-corrected chi connectivity index (χ0v) is 10.6. The highest BCUT2D eigenvalue weighted by Gasteiger charge is 2.33. The molecule has 0 radical (unpaired) electrons. The molecule has 2 N–H and O–H groups in total. The standard InChI is InChI=1S/C13H23NO3/c1-10-3-2-4-11(7-10)12(15)14-8-13(16)5-6-17-9-13/h10-11,16H,2-9H2,1H3,(H,14,15)/t10-,11+,13-/m1/s1. The third-order valence-corrected chi connectivity index (χ3v) is 3.98. The highest BCUT2D eigenvalue weighted by Crippen LogP contribution is 2.28. The van der Waals surface area contributed by atoms with E-state index in [1.807, 2.05) is 0 Å². The SMILES string of the molecule is C[C@@H]1CCC[C@H](C(=O)NC[C@]2(O)CCOC2)C1. The molecule has 1 saturated heterocycles. The number of carbonyl (C=O) groups is 1. The fourth-order valence-electron chi connectivity index (χ4n) is 2.80. The molecule has 1 aliphatic heterocycles. The van der Waals surface area contributed by atoms with E-state index in [-0.39, 0.29) is 11.8 Å². The molecule has 2 rings (SSSR count). The van der Waals surface area contributed by atoms with Crippen LogP contribution in [0.3, 0.4) is 0 Å². The number of nitrogens with one attached hydrogen (secondary N) is 1. The molecule has 0 aromatic rings. The average molecular weight is 241 g/mol. The third-order valence-electron chi connectivity index (χ3n) is 3.98. The van der Waals surface area contributed by atoms with Crippen molar-refractivity contribution in [3.8, 4) is 0 Å². The van der Waals surface area contributed by atoms with Crippen LogP contribution in [0.15, 0.2) is 0 Å². The van der Waals surface area contributed by atoms with Gasteiger partial charge in [0, 0.05) is 25.5 Å². The van der Waals surface area contributed by atoms with Gasteiger partial charge < -0.3 is 15.2 Å². The Hall–Kier alpha value is -0.610. The molecule has 4 nitrogen and oxygen atoms in total. The van der Waals surface area contributed by atoms with Crippen LogP contribution in [-0.4, -0.2) is 36.4 Å². The molecule has 0 aromatic carbocycles. The number of hydrogen-bond acceptors (Lipinski definition) is 3. The van der Waals surface area contributed by atoms with Crippen molar-refractivity contribution in [1.29, 1.82) is 0 Å². The molecule has 1 heterocycles. The first-order chi connectivity index (χ1) is 8.09. The van der Waals surface area contributed by atoms with Crippen LogP contribution in [0.2, 0.25) is 0 Å². The van der Waals surface area contributed by atoms with E-state index in [1.165, 1.54) is 6.42 Å². The molecule has 4 heteroatoms. The van der Waals surface area contributed by atoms with Gasteiger partial charge in [-0.3, -0.25) is 4.79 Å². The smallest absolute Gasteiger partial charge is 0.223 e. The van der Waals surface area contributed by atoms with Crippen molar-refractivity contribution in [3.05, 3.63) is 0 Å². The Labute approximate surface area is 103 Å². The largest absolute Gasteiger partial charge is 0.386 e. The van der Waals surface area contributed by atoms with Crippen LogP contribution in [0.25, 0.3) is 0 Å². The average Bonchev–Trinajstić information content (AvgIpc) is 2.74. The van der Waals surface area contributed by atoms with Gasteiger partial charge in [-0.2, -0.15) is 0 Å². The van der Waals surface area contributed by atoms with Crippen LogP contribution in [0.4, 0.5) is 0 Å². The zero-order valence-electron chi connectivity index (χ0n) is 10.6. The number of ether oxygens (including phenoxy) is 1. The minimum Gasteiger partial charge on any atom is -0.386 e. The van der Waals surface area contributed by atoms with E-state index >= 15 is 0 Å². The normalized spacial score (nSPS) is 38.0. The molecule has 1 saturated carbocycles. The molecular formula is C13H23NO3. The number of carbonyl (C=O) groups excluding carboxylic acids is 1. The Kier molecular flexibility index (Phi) is 4.05. The van der Waals surface area contributed by atoms with E-state index in [1.54, 1.807) is 0 Å². The lowest BCUT2D eigenvalue weighted by atomic mass is 9.82. The second-order valence-corrected chi connectivity index (χ2v) is 5.71. The molecular weight excluding hydrogens is 218 g/mol. The van der Waals surface area contributed by atoms with Gasteiger partial charge in [0.05, 0.1) is 6.61 Å². The Morgan fingerprint density at radius 2 is 2.35 bits per heavy atom. The highest BCUT2D eigenvalue weighted by atomic mass is 16.5. The number of rotatable bonds is 3. The fraction of sp³-hybridized carbons (Fsp3) is 0.923. The summed E-state index contributed by atoms with van der Waals surface area (Å²) < 4.78 is 5.15. The van der Waals surface area contributed by atoms with Crippen LogP contribution < -0.4 is 5.32 Å². The predicted octanol–water partition coefficient (Wildman–Crippen LogP) is 1.08. The second kappa shape index (κ2) is 5.36. The third kappa shape index (κ3) is 3.42. The minimum absolute atomic E-state index is 0.108. The maximum absolute atomic E-state index is 12.0. The Morgan fingerprint density at radius 3 is 3.00 bits per heavy atom. The van der Waals surface area contributed by atoms with Gasteiger partial charge in [-0.05, 0) is 18.8 Å². The van der Waals surface area contributed by atoms with Crippen molar-refractivity contribution in [2.75, 3.05) is 19.8 Å². The first-order valence-corrected chi connectivity index (χ1v) is 6.67. The van der Waals surface area contributed by atoms with E-state index in [2.05, 4.69) is 12.2 Å². The summed E-state index contributed by atoms with van der Waals surface area (Å²) in [5.74, 6) is 0.902. The van der Waals surface area contributed by atoms with Gasteiger partial charge in [0.25, 0.3) is 0 Å². The van der Waals surface area contributed by atoms with Gasteiger partial charge >= 0.3 is 0 Å². The first kappa shape index (κ1) is 12.8. The molecule has 17 heavy (non-hydrogen) atoms. The van der Waals surface area contributed by atoms with E-state index in [0.29, 0.717) is 32.1 Å². The molecule has 0 bridgehead atoms. The number of amides is 1. The zero-order chi connectivity index (χ0) is 12.3. The molecule has 2 aliphatic rings. The van der Waals surface area contributed by atoms with Crippen LogP contribution in [0.1, 0.15) is 39.0 Å². The molecule has 1 aliphatic carbocycles. The van der Waals surface area contributed by atoms with E-state index < -0.39 is 5.60 Å². The topological polar surface area (TPSA) is 58.6 Å². The van der Waals surface area contributed by atoms with Gasteiger partial charge in [0.2, 0.25) is 5.91 Å². The lowest BCUT2D eigenvalue weighted by Gasteiger charge is -2.27. The summed E-state index contributed by atoms with van der Waals surface area (Å²) in [6.07, 6.45) is 4.98. The molecule has 98 valence electrons. The van der Waals surface area contributed by atoms with E-state index in [0.717, 1.165) is 19.3 Å². The maximum Gasteiger partial charge on any atom is 0.223 e. The predicted molar refractivity (Wildman–Crippen MR) is 64.5 cm³/mol. The fourth-order valence-corrected chi connectivity index (χ4v) is 2.80. The van der Waals surface area contributed by atoms with Crippen LogP contribution in [0, 0.1) is 11.8 Å². The molecule has 0 aromatic heterocycles. The van der Waals surface area contributed by atoms with Crippen molar-refractivity contribution < 1.29 is 14.6 Å². The highest BCUT2D eigenvalue weighted by molar-refractivity contribution is 5.78. The van der Waals surface area contributed by atoms with E-state index in [4.69, 9.17) is 4.74 Å².